The van der Waals surface area contributed by atoms with Crippen molar-refractivity contribution in [3.63, 3.8) is 0 Å². The summed E-state index contributed by atoms with van der Waals surface area (Å²) in [6, 6.07) is 0. The molecule has 0 saturated carbocycles. The van der Waals surface area contributed by atoms with Crippen LogP contribution in [0.25, 0.3) is 0 Å². The summed E-state index contributed by atoms with van der Waals surface area (Å²) in [7, 11) is 3.71. The zero-order valence-corrected chi connectivity index (χ0v) is 10.1. The van der Waals surface area contributed by atoms with E-state index >= 15 is 0 Å². The van der Waals surface area contributed by atoms with Gasteiger partial charge in [-0.2, -0.15) is 0 Å². The Bertz CT molecular complexity index is 324. The monoisotopic (exact) mass is 195 g/mol. The minimum atomic E-state index is 0.523. The summed E-state index contributed by atoms with van der Waals surface area (Å²) in [6.07, 6.45) is 3.95. The molecular weight excluding hydrogens is 174 g/mol. The third kappa shape index (κ3) is 3.32. The SMILES string of the molecule is CC.CN=c1ncc(C(C)C)cn1C. The molecule has 0 aromatic carbocycles. The van der Waals surface area contributed by atoms with E-state index in [1.54, 1.807) is 7.05 Å². The van der Waals surface area contributed by atoms with Gasteiger partial charge in [-0.15, -0.1) is 0 Å². The first-order valence-corrected chi connectivity index (χ1v) is 5.10. The molecule has 0 spiro atoms. The molecule has 1 rings (SSSR count). The summed E-state index contributed by atoms with van der Waals surface area (Å²) >= 11 is 0. The van der Waals surface area contributed by atoms with Crippen LogP contribution < -0.4 is 5.62 Å². The summed E-state index contributed by atoms with van der Waals surface area (Å²) in [5, 5.41) is 0. The summed E-state index contributed by atoms with van der Waals surface area (Å²) < 4.78 is 1.94. The second kappa shape index (κ2) is 6.35. The second-order valence-electron chi connectivity index (χ2n) is 3.18. The average Bonchev–Trinajstić information content (AvgIpc) is 2.20. The van der Waals surface area contributed by atoms with Gasteiger partial charge in [0.05, 0.1) is 0 Å². The summed E-state index contributed by atoms with van der Waals surface area (Å²) in [5.41, 5.74) is 2.00. The van der Waals surface area contributed by atoms with Gasteiger partial charge in [0, 0.05) is 26.5 Å². The van der Waals surface area contributed by atoms with Crippen LogP contribution in [-0.4, -0.2) is 16.6 Å². The normalized spacial score (nSPS) is 11.2. The van der Waals surface area contributed by atoms with E-state index < -0.39 is 0 Å². The van der Waals surface area contributed by atoms with E-state index in [2.05, 4.69) is 30.0 Å². The van der Waals surface area contributed by atoms with Crippen molar-refractivity contribution in [3.05, 3.63) is 23.6 Å². The maximum absolute atomic E-state index is 4.21. The van der Waals surface area contributed by atoms with Crippen LogP contribution in [0.3, 0.4) is 0 Å². The van der Waals surface area contributed by atoms with Crippen LogP contribution in [0, 0.1) is 0 Å². The Labute approximate surface area is 86.5 Å². The summed E-state index contributed by atoms with van der Waals surface area (Å²) in [5.74, 6) is 0.523. The molecule has 3 heteroatoms. The predicted octanol–water partition coefficient (Wildman–Crippen LogP) is 2.10. The van der Waals surface area contributed by atoms with Gasteiger partial charge in [-0.1, -0.05) is 27.7 Å². The Hall–Kier alpha value is -1.12. The van der Waals surface area contributed by atoms with Crippen molar-refractivity contribution in [2.45, 2.75) is 33.6 Å². The highest BCUT2D eigenvalue weighted by molar-refractivity contribution is 5.07. The Morgan fingerprint density at radius 1 is 1.36 bits per heavy atom. The van der Waals surface area contributed by atoms with Crippen LogP contribution in [-0.2, 0) is 7.05 Å². The number of aromatic nitrogens is 2. The van der Waals surface area contributed by atoms with Gasteiger partial charge in [-0.25, -0.2) is 4.98 Å². The fourth-order valence-electron chi connectivity index (χ4n) is 1.05. The van der Waals surface area contributed by atoms with Crippen molar-refractivity contribution >= 4 is 0 Å². The highest BCUT2D eigenvalue weighted by Gasteiger charge is 1.99. The largest absolute Gasteiger partial charge is 0.320 e. The fraction of sp³-hybridized carbons (Fsp3) is 0.636. The first-order chi connectivity index (χ1) is 6.65. The minimum absolute atomic E-state index is 0.523. The average molecular weight is 195 g/mol. The molecule has 0 N–H and O–H groups in total. The Kier molecular flexibility index (Phi) is 5.84. The van der Waals surface area contributed by atoms with Crippen LogP contribution >= 0.6 is 0 Å². The molecule has 0 bridgehead atoms. The van der Waals surface area contributed by atoms with Crippen LogP contribution in [0.15, 0.2) is 17.4 Å². The number of hydrogen-bond donors (Lipinski definition) is 0. The van der Waals surface area contributed by atoms with E-state index in [4.69, 9.17) is 0 Å². The van der Waals surface area contributed by atoms with Crippen molar-refractivity contribution in [2.75, 3.05) is 7.05 Å². The molecule has 0 radical (unpaired) electrons. The fourth-order valence-corrected chi connectivity index (χ4v) is 1.05. The van der Waals surface area contributed by atoms with Gasteiger partial charge in [0.2, 0.25) is 5.62 Å². The van der Waals surface area contributed by atoms with Gasteiger partial charge in [-0.05, 0) is 11.5 Å². The second-order valence-corrected chi connectivity index (χ2v) is 3.18. The number of hydrogen-bond acceptors (Lipinski definition) is 2. The lowest BCUT2D eigenvalue weighted by Gasteiger charge is -2.06. The molecule has 14 heavy (non-hydrogen) atoms. The molecule has 1 heterocycles. The molecule has 0 fully saturated rings. The molecule has 1 aromatic heterocycles. The minimum Gasteiger partial charge on any atom is -0.320 e. The molecule has 0 amide bonds. The number of nitrogens with zero attached hydrogens (tertiary/aromatic N) is 3. The van der Waals surface area contributed by atoms with E-state index in [1.165, 1.54) is 5.56 Å². The van der Waals surface area contributed by atoms with E-state index in [0.29, 0.717) is 5.92 Å². The van der Waals surface area contributed by atoms with Crippen LogP contribution in [0.2, 0.25) is 0 Å². The molecule has 1 aromatic rings. The zero-order valence-electron chi connectivity index (χ0n) is 10.1. The molecule has 0 aliphatic carbocycles. The highest BCUT2D eigenvalue weighted by Crippen LogP contribution is 2.09. The molecule has 0 aliphatic heterocycles. The Morgan fingerprint density at radius 3 is 2.29 bits per heavy atom. The van der Waals surface area contributed by atoms with E-state index in [1.807, 2.05) is 31.7 Å². The van der Waals surface area contributed by atoms with Crippen LogP contribution in [0.5, 0.6) is 0 Å². The van der Waals surface area contributed by atoms with Crippen molar-refractivity contribution in [3.8, 4) is 0 Å². The van der Waals surface area contributed by atoms with Crippen molar-refractivity contribution in [1.82, 2.24) is 9.55 Å². The van der Waals surface area contributed by atoms with Gasteiger partial charge >= 0.3 is 0 Å². The number of aryl methyl sites for hydroxylation is 1. The van der Waals surface area contributed by atoms with E-state index in [-0.39, 0.29) is 0 Å². The van der Waals surface area contributed by atoms with Crippen molar-refractivity contribution < 1.29 is 0 Å². The predicted molar refractivity (Wildman–Crippen MR) is 60.1 cm³/mol. The van der Waals surface area contributed by atoms with Gasteiger partial charge in [0.15, 0.2) is 0 Å². The first kappa shape index (κ1) is 12.9. The Morgan fingerprint density at radius 2 is 1.93 bits per heavy atom. The molecule has 80 valence electrons. The molecule has 0 aliphatic rings. The molecule has 3 nitrogen and oxygen atoms in total. The molecule has 0 unspecified atom stereocenters. The van der Waals surface area contributed by atoms with E-state index in [9.17, 15) is 0 Å². The third-order valence-corrected chi connectivity index (χ3v) is 1.85. The van der Waals surface area contributed by atoms with Gasteiger partial charge in [-0.3, -0.25) is 4.99 Å². The smallest absolute Gasteiger partial charge is 0.224 e. The quantitative estimate of drug-likeness (QED) is 0.675. The third-order valence-electron chi connectivity index (χ3n) is 1.85. The van der Waals surface area contributed by atoms with Crippen molar-refractivity contribution in [1.29, 1.82) is 0 Å². The van der Waals surface area contributed by atoms with Gasteiger partial charge < -0.3 is 4.57 Å². The lowest BCUT2D eigenvalue weighted by molar-refractivity contribution is 0.734. The summed E-state index contributed by atoms with van der Waals surface area (Å²) in [4.78, 5) is 8.24. The number of rotatable bonds is 1. The van der Waals surface area contributed by atoms with Gasteiger partial charge in [0.1, 0.15) is 0 Å². The van der Waals surface area contributed by atoms with E-state index in [0.717, 1.165) is 5.62 Å². The Balaban J connectivity index is 0.000000791. The van der Waals surface area contributed by atoms with Crippen molar-refractivity contribution in [2.24, 2.45) is 12.0 Å². The standard InChI is InChI=1S/C9H15N3.C2H6/c1-7(2)8-5-11-9(10-3)12(4)6-8;1-2/h5-7H,1-4H3;1-2H3. The highest BCUT2D eigenvalue weighted by atomic mass is 15.1. The van der Waals surface area contributed by atoms with Crippen LogP contribution in [0.1, 0.15) is 39.2 Å². The molecular formula is C11H21N3. The molecule has 0 atom stereocenters. The lowest BCUT2D eigenvalue weighted by atomic mass is 10.1. The topological polar surface area (TPSA) is 30.2 Å². The summed E-state index contributed by atoms with van der Waals surface area (Å²) in [6.45, 7) is 8.31. The van der Waals surface area contributed by atoms with Crippen LogP contribution in [0.4, 0.5) is 0 Å². The zero-order chi connectivity index (χ0) is 11.1. The maximum Gasteiger partial charge on any atom is 0.224 e. The first-order valence-electron chi connectivity index (χ1n) is 5.10. The maximum atomic E-state index is 4.21. The van der Waals surface area contributed by atoms with Gasteiger partial charge in [0.25, 0.3) is 0 Å². The molecule has 0 saturated heterocycles. The lowest BCUT2D eigenvalue weighted by Crippen LogP contribution is -2.21.